The molecule has 0 amide bonds. The molecule has 1 aromatic carbocycles. The van der Waals surface area contributed by atoms with Gasteiger partial charge in [-0.1, -0.05) is 18.2 Å². The van der Waals surface area contributed by atoms with Crippen LogP contribution in [0, 0.1) is 0 Å². The molecular formula is C9H14O2P+. The highest BCUT2D eigenvalue weighted by Crippen LogP contribution is 2.54. The van der Waals surface area contributed by atoms with Crippen molar-refractivity contribution in [3.8, 4) is 0 Å². The van der Waals surface area contributed by atoms with Crippen molar-refractivity contribution in [1.82, 2.24) is 0 Å². The zero-order valence-electron chi connectivity index (χ0n) is 7.65. The molecule has 0 radical (unpaired) electrons. The van der Waals surface area contributed by atoms with E-state index in [0.29, 0.717) is 0 Å². The standard InChI is InChI=1S/C9H14O2P/c1-10-12(3,11-2)9-7-5-4-6-8-9/h4-8H,1-3H3/q+1. The van der Waals surface area contributed by atoms with Crippen LogP contribution in [-0.4, -0.2) is 20.9 Å². The maximum Gasteiger partial charge on any atom is 0.303 e. The van der Waals surface area contributed by atoms with Crippen LogP contribution in [0.25, 0.3) is 0 Å². The highest BCUT2D eigenvalue weighted by Gasteiger charge is 2.35. The fourth-order valence-electron chi connectivity index (χ4n) is 0.984. The van der Waals surface area contributed by atoms with Crippen molar-refractivity contribution in [2.45, 2.75) is 0 Å². The Labute approximate surface area is 74.0 Å². The molecule has 0 unspecified atom stereocenters. The van der Waals surface area contributed by atoms with Crippen molar-refractivity contribution < 1.29 is 9.05 Å². The van der Waals surface area contributed by atoms with Gasteiger partial charge in [0.05, 0.1) is 14.2 Å². The van der Waals surface area contributed by atoms with Crippen LogP contribution >= 0.6 is 7.72 Å². The average Bonchev–Trinajstić information content (AvgIpc) is 2.18. The first-order chi connectivity index (χ1) is 5.73. The first-order valence-corrected chi connectivity index (χ1v) is 5.84. The van der Waals surface area contributed by atoms with Gasteiger partial charge in [0.25, 0.3) is 0 Å². The van der Waals surface area contributed by atoms with E-state index in [1.54, 1.807) is 14.2 Å². The van der Waals surface area contributed by atoms with Gasteiger partial charge in [-0.2, -0.15) is 0 Å². The Morgan fingerprint density at radius 2 is 1.50 bits per heavy atom. The number of rotatable bonds is 3. The molecule has 0 aliphatic carbocycles. The van der Waals surface area contributed by atoms with E-state index in [1.165, 1.54) is 0 Å². The molecule has 0 saturated carbocycles. The Morgan fingerprint density at radius 3 is 1.92 bits per heavy atom. The van der Waals surface area contributed by atoms with Gasteiger partial charge in [-0.15, -0.1) is 0 Å². The third-order valence-corrected chi connectivity index (χ3v) is 4.55. The minimum absolute atomic E-state index is 1.13. The summed E-state index contributed by atoms with van der Waals surface area (Å²) in [5, 5.41) is 1.13. The van der Waals surface area contributed by atoms with Crippen molar-refractivity contribution in [3.63, 3.8) is 0 Å². The summed E-state index contributed by atoms with van der Waals surface area (Å²) in [4.78, 5) is 0. The van der Waals surface area contributed by atoms with Gasteiger partial charge in [-0.05, 0) is 12.1 Å². The first-order valence-electron chi connectivity index (χ1n) is 3.76. The molecule has 12 heavy (non-hydrogen) atoms. The Balaban J connectivity index is 2.95. The van der Waals surface area contributed by atoms with Crippen LogP contribution in [0.5, 0.6) is 0 Å². The molecule has 3 heteroatoms. The number of hydrogen-bond donors (Lipinski definition) is 0. The summed E-state index contributed by atoms with van der Waals surface area (Å²) in [5.74, 6) is 0. The Bertz CT molecular complexity index is 232. The van der Waals surface area contributed by atoms with Crippen LogP contribution < -0.4 is 5.30 Å². The molecule has 0 heterocycles. The van der Waals surface area contributed by atoms with E-state index < -0.39 is 7.72 Å². The van der Waals surface area contributed by atoms with Gasteiger partial charge in [-0.25, -0.2) is 9.05 Å². The molecule has 0 aromatic heterocycles. The lowest BCUT2D eigenvalue weighted by atomic mass is 10.4. The molecule has 2 nitrogen and oxygen atoms in total. The molecule has 0 atom stereocenters. The van der Waals surface area contributed by atoms with Gasteiger partial charge in [0.1, 0.15) is 6.66 Å². The zero-order chi connectivity index (χ0) is 9.03. The van der Waals surface area contributed by atoms with Gasteiger partial charge in [0.15, 0.2) is 5.30 Å². The molecule has 66 valence electrons. The second-order valence-electron chi connectivity index (χ2n) is 2.55. The highest BCUT2D eigenvalue weighted by molar-refractivity contribution is 7.73. The maximum atomic E-state index is 5.36. The smallest absolute Gasteiger partial charge is 0.205 e. The fraction of sp³-hybridized carbons (Fsp3) is 0.333. The lowest BCUT2D eigenvalue weighted by Crippen LogP contribution is -2.12. The molecule has 1 rings (SSSR count). The highest BCUT2D eigenvalue weighted by atomic mass is 31.2. The molecule has 0 bridgehead atoms. The van der Waals surface area contributed by atoms with E-state index in [9.17, 15) is 0 Å². The molecule has 0 saturated heterocycles. The second-order valence-corrected chi connectivity index (χ2v) is 5.48. The summed E-state index contributed by atoms with van der Waals surface area (Å²) in [5.41, 5.74) is 0. The fourth-order valence-corrected chi connectivity index (χ4v) is 2.27. The van der Waals surface area contributed by atoms with Gasteiger partial charge in [-0.3, -0.25) is 0 Å². The number of hydrogen-bond acceptors (Lipinski definition) is 2. The normalized spacial score (nSPS) is 11.6. The minimum atomic E-state index is -1.78. The van der Waals surface area contributed by atoms with E-state index in [1.807, 2.05) is 37.0 Å². The van der Waals surface area contributed by atoms with Crippen molar-refractivity contribution >= 4 is 13.0 Å². The van der Waals surface area contributed by atoms with Crippen molar-refractivity contribution in [1.29, 1.82) is 0 Å². The first kappa shape index (κ1) is 9.66. The summed E-state index contributed by atoms with van der Waals surface area (Å²) in [7, 11) is 1.59. The molecular weight excluding hydrogens is 171 g/mol. The predicted molar refractivity (Wildman–Crippen MR) is 52.9 cm³/mol. The Morgan fingerprint density at radius 1 is 1.00 bits per heavy atom. The van der Waals surface area contributed by atoms with Crippen LogP contribution in [0.3, 0.4) is 0 Å². The summed E-state index contributed by atoms with van der Waals surface area (Å²) in [6, 6.07) is 10.0. The van der Waals surface area contributed by atoms with E-state index in [2.05, 4.69) is 0 Å². The van der Waals surface area contributed by atoms with Gasteiger partial charge >= 0.3 is 7.72 Å². The minimum Gasteiger partial charge on any atom is -0.205 e. The van der Waals surface area contributed by atoms with E-state index in [4.69, 9.17) is 9.05 Å². The van der Waals surface area contributed by atoms with Crippen LogP contribution in [0.2, 0.25) is 0 Å². The zero-order valence-corrected chi connectivity index (χ0v) is 8.54. The molecule has 1 aromatic rings. The second kappa shape index (κ2) is 3.99. The molecule has 0 N–H and O–H groups in total. The molecule has 0 spiro atoms. The third-order valence-electron chi connectivity index (χ3n) is 1.92. The third kappa shape index (κ3) is 1.84. The van der Waals surface area contributed by atoms with E-state index >= 15 is 0 Å². The van der Waals surface area contributed by atoms with Crippen LogP contribution in [0.15, 0.2) is 30.3 Å². The largest absolute Gasteiger partial charge is 0.303 e. The maximum absolute atomic E-state index is 5.36. The summed E-state index contributed by atoms with van der Waals surface area (Å²) >= 11 is 0. The van der Waals surface area contributed by atoms with Gasteiger partial charge in [0.2, 0.25) is 0 Å². The van der Waals surface area contributed by atoms with Crippen LogP contribution in [0.1, 0.15) is 0 Å². The van der Waals surface area contributed by atoms with Crippen LogP contribution in [-0.2, 0) is 9.05 Å². The summed E-state index contributed by atoms with van der Waals surface area (Å²) in [6.45, 7) is 2.00. The van der Waals surface area contributed by atoms with E-state index in [0.717, 1.165) is 5.30 Å². The predicted octanol–water partition coefficient (Wildman–Crippen LogP) is 2.08. The molecule has 0 aliphatic rings. The quantitative estimate of drug-likeness (QED) is 0.671. The Hall–Kier alpha value is -0.430. The van der Waals surface area contributed by atoms with Crippen molar-refractivity contribution in [2.75, 3.05) is 20.9 Å². The van der Waals surface area contributed by atoms with E-state index in [-0.39, 0.29) is 0 Å². The topological polar surface area (TPSA) is 18.5 Å². The van der Waals surface area contributed by atoms with Crippen molar-refractivity contribution in [2.24, 2.45) is 0 Å². The summed E-state index contributed by atoms with van der Waals surface area (Å²) in [6.07, 6.45) is 0. The lowest BCUT2D eigenvalue weighted by molar-refractivity contribution is 0.332. The van der Waals surface area contributed by atoms with Gasteiger partial charge in [0, 0.05) is 0 Å². The number of benzene rings is 1. The van der Waals surface area contributed by atoms with Crippen LogP contribution in [0.4, 0.5) is 0 Å². The Kier molecular flexibility index (Phi) is 3.21. The van der Waals surface area contributed by atoms with Gasteiger partial charge < -0.3 is 0 Å². The molecule has 0 aliphatic heterocycles. The SMILES string of the molecule is CO[P+](C)(OC)c1ccccc1. The molecule has 0 fully saturated rings. The average molecular weight is 185 g/mol. The van der Waals surface area contributed by atoms with Crippen molar-refractivity contribution in [3.05, 3.63) is 30.3 Å². The summed E-state index contributed by atoms with van der Waals surface area (Å²) < 4.78 is 10.7. The lowest BCUT2D eigenvalue weighted by Gasteiger charge is -2.15. The monoisotopic (exact) mass is 185 g/mol.